The van der Waals surface area contributed by atoms with Crippen molar-refractivity contribution in [3.05, 3.63) is 75.7 Å². The molecule has 0 fully saturated rings. The van der Waals surface area contributed by atoms with Crippen LogP contribution in [0.4, 0.5) is 21.5 Å². The molecule has 0 saturated heterocycles. The van der Waals surface area contributed by atoms with Gasteiger partial charge in [0.05, 0.1) is 12.0 Å². The van der Waals surface area contributed by atoms with Crippen LogP contribution in [0.25, 0.3) is 0 Å². The highest BCUT2D eigenvalue weighted by Crippen LogP contribution is 2.22. The molecule has 3 aromatic rings. The summed E-state index contributed by atoms with van der Waals surface area (Å²) in [5.74, 6) is -1.80. The number of benzene rings is 2. The summed E-state index contributed by atoms with van der Waals surface area (Å²) in [6.07, 6.45) is 1.51. The summed E-state index contributed by atoms with van der Waals surface area (Å²) in [7, 11) is 3.06. The first-order valence-corrected chi connectivity index (χ1v) is 8.53. The maximum atomic E-state index is 13.4. The maximum Gasteiger partial charge on any atom is 0.306 e. The van der Waals surface area contributed by atoms with Crippen LogP contribution in [-0.2, 0) is 7.05 Å². The number of hydrogen-bond acceptors (Lipinski definition) is 6. The molecule has 0 saturated carbocycles. The van der Waals surface area contributed by atoms with Crippen LogP contribution >= 0.6 is 0 Å². The largest absolute Gasteiger partial charge is 0.479 e. The fraction of sp³-hybridized carbons (Fsp3) is 0.105. The molecule has 11 heteroatoms. The molecular formula is C19H16FN5O5. The normalized spacial score (nSPS) is 10.4. The number of nitro groups is 1. The summed E-state index contributed by atoms with van der Waals surface area (Å²) in [6, 6.07) is 9.01. The summed E-state index contributed by atoms with van der Waals surface area (Å²) < 4.78 is 19.9. The molecule has 0 radical (unpaired) electrons. The second kappa shape index (κ2) is 8.39. The van der Waals surface area contributed by atoms with E-state index in [4.69, 9.17) is 4.74 Å². The van der Waals surface area contributed by atoms with E-state index < -0.39 is 28.2 Å². The molecule has 0 unspecified atom stereocenters. The van der Waals surface area contributed by atoms with Gasteiger partial charge in [-0.3, -0.25) is 24.4 Å². The first-order chi connectivity index (χ1) is 14.3. The molecule has 0 aliphatic rings. The van der Waals surface area contributed by atoms with Crippen molar-refractivity contribution in [3.63, 3.8) is 0 Å². The number of aryl methyl sites for hydroxylation is 1. The minimum Gasteiger partial charge on any atom is -0.479 e. The number of nitrogens with zero attached hydrogens (tertiary/aromatic N) is 3. The van der Waals surface area contributed by atoms with Crippen molar-refractivity contribution < 1.29 is 23.6 Å². The summed E-state index contributed by atoms with van der Waals surface area (Å²) >= 11 is 0. The van der Waals surface area contributed by atoms with Crippen molar-refractivity contribution in [2.45, 2.75) is 0 Å². The monoisotopic (exact) mass is 413 g/mol. The van der Waals surface area contributed by atoms with Crippen molar-refractivity contribution in [3.8, 4) is 5.88 Å². The standard InChI is InChI=1S/C19H16FN5O5/c1-24-10-14(19(23-24)30-2)18(27)21-12-5-3-11(4-6-12)17(26)22-13-7-8-15(20)16(9-13)25(28)29/h3-10H,1-2H3,(H,21,27)(H,22,26). The Morgan fingerprint density at radius 2 is 1.73 bits per heavy atom. The highest BCUT2D eigenvalue weighted by atomic mass is 19.1. The maximum absolute atomic E-state index is 13.4. The number of carbonyl (C=O) groups excluding carboxylic acids is 2. The number of ether oxygens (including phenoxy) is 1. The van der Waals surface area contributed by atoms with E-state index >= 15 is 0 Å². The van der Waals surface area contributed by atoms with E-state index in [1.807, 2.05) is 0 Å². The molecule has 2 amide bonds. The Labute approximate surface area is 169 Å². The van der Waals surface area contributed by atoms with Gasteiger partial charge in [0.2, 0.25) is 11.7 Å². The number of hydrogen-bond donors (Lipinski definition) is 2. The second-order valence-electron chi connectivity index (χ2n) is 6.13. The van der Waals surface area contributed by atoms with Gasteiger partial charge >= 0.3 is 5.69 Å². The third kappa shape index (κ3) is 4.41. The molecule has 1 aromatic heterocycles. The van der Waals surface area contributed by atoms with Crippen molar-refractivity contribution in [1.82, 2.24) is 9.78 Å². The molecule has 2 N–H and O–H groups in total. The number of amides is 2. The minimum absolute atomic E-state index is 0.0779. The van der Waals surface area contributed by atoms with Gasteiger partial charge in [-0.25, -0.2) is 0 Å². The lowest BCUT2D eigenvalue weighted by Crippen LogP contribution is -2.14. The number of anilines is 2. The summed E-state index contributed by atoms with van der Waals surface area (Å²) in [6.45, 7) is 0. The van der Waals surface area contributed by atoms with E-state index in [0.717, 1.165) is 12.1 Å². The Kier molecular flexibility index (Phi) is 5.72. The first-order valence-electron chi connectivity index (χ1n) is 8.53. The lowest BCUT2D eigenvalue weighted by molar-refractivity contribution is -0.387. The number of rotatable bonds is 6. The molecular weight excluding hydrogens is 397 g/mol. The van der Waals surface area contributed by atoms with Crippen molar-refractivity contribution in [2.75, 3.05) is 17.7 Å². The van der Waals surface area contributed by atoms with E-state index in [-0.39, 0.29) is 22.7 Å². The van der Waals surface area contributed by atoms with Gasteiger partial charge in [0.25, 0.3) is 11.8 Å². The Morgan fingerprint density at radius 3 is 2.37 bits per heavy atom. The number of halogens is 1. The Balaban J connectivity index is 1.69. The van der Waals surface area contributed by atoms with Gasteiger partial charge in [0, 0.05) is 36.2 Å². The van der Waals surface area contributed by atoms with E-state index in [9.17, 15) is 24.1 Å². The summed E-state index contributed by atoms with van der Waals surface area (Å²) in [4.78, 5) is 34.6. The van der Waals surface area contributed by atoms with Gasteiger partial charge in [0.15, 0.2) is 0 Å². The lowest BCUT2D eigenvalue weighted by atomic mass is 10.1. The average molecular weight is 413 g/mol. The third-order valence-electron chi connectivity index (χ3n) is 4.04. The molecule has 0 aliphatic carbocycles. The fourth-order valence-corrected chi connectivity index (χ4v) is 2.61. The lowest BCUT2D eigenvalue weighted by Gasteiger charge is -2.08. The van der Waals surface area contributed by atoms with Gasteiger partial charge in [-0.05, 0) is 36.4 Å². The Morgan fingerprint density at radius 1 is 1.10 bits per heavy atom. The van der Waals surface area contributed by atoms with E-state index in [0.29, 0.717) is 5.69 Å². The van der Waals surface area contributed by atoms with Crippen molar-refractivity contribution in [1.29, 1.82) is 0 Å². The second-order valence-corrected chi connectivity index (χ2v) is 6.13. The van der Waals surface area contributed by atoms with Crippen LogP contribution in [-0.4, -0.2) is 33.6 Å². The van der Waals surface area contributed by atoms with Gasteiger partial charge in [-0.1, -0.05) is 0 Å². The van der Waals surface area contributed by atoms with Crippen molar-refractivity contribution >= 4 is 28.9 Å². The van der Waals surface area contributed by atoms with E-state index in [1.54, 1.807) is 7.05 Å². The number of nitro benzene ring substituents is 1. The van der Waals surface area contributed by atoms with Crippen LogP contribution in [0.5, 0.6) is 5.88 Å². The average Bonchev–Trinajstić information content (AvgIpc) is 3.10. The molecule has 10 nitrogen and oxygen atoms in total. The molecule has 0 atom stereocenters. The van der Waals surface area contributed by atoms with Crippen LogP contribution in [0.2, 0.25) is 0 Å². The predicted octanol–water partition coefficient (Wildman–Crippen LogP) is 2.98. The van der Waals surface area contributed by atoms with Gasteiger partial charge < -0.3 is 15.4 Å². The number of carbonyl (C=O) groups is 2. The van der Waals surface area contributed by atoms with E-state index in [2.05, 4.69) is 15.7 Å². The van der Waals surface area contributed by atoms with Gasteiger partial charge in [0.1, 0.15) is 5.56 Å². The number of nitrogens with one attached hydrogen (secondary N) is 2. The van der Waals surface area contributed by atoms with Crippen molar-refractivity contribution in [2.24, 2.45) is 7.05 Å². The molecule has 2 aromatic carbocycles. The quantitative estimate of drug-likeness (QED) is 0.472. The van der Waals surface area contributed by atoms with Crippen LogP contribution in [0, 0.1) is 15.9 Å². The van der Waals surface area contributed by atoms with Crippen LogP contribution < -0.4 is 15.4 Å². The molecule has 0 spiro atoms. The molecule has 1 heterocycles. The predicted molar refractivity (Wildman–Crippen MR) is 105 cm³/mol. The SMILES string of the molecule is COc1nn(C)cc1C(=O)Nc1ccc(C(=O)Nc2ccc(F)c([N+](=O)[O-])c2)cc1. The highest BCUT2D eigenvalue weighted by molar-refractivity contribution is 6.07. The van der Waals surface area contributed by atoms with E-state index in [1.165, 1.54) is 48.3 Å². The fourth-order valence-electron chi connectivity index (χ4n) is 2.61. The van der Waals surface area contributed by atoms with Gasteiger partial charge in [-0.2, -0.15) is 4.39 Å². The molecule has 0 aliphatic heterocycles. The summed E-state index contributed by atoms with van der Waals surface area (Å²) in [5, 5.41) is 19.9. The van der Waals surface area contributed by atoms with Crippen LogP contribution in [0.3, 0.4) is 0 Å². The third-order valence-corrected chi connectivity index (χ3v) is 4.04. The topological polar surface area (TPSA) is 128 Å². The molecule has 154 valence electrons. The number of aromatic nitrogens is 2. The highest BCUT2D eigenvalue weighted by Gasteiger charge is 2.18. The zero-order valence-electron chi connectivity index (χ0n) is 15.9. The summed E-state index contributed by atoms with van der Waals surface area (Å²) in [5.41, 5.74) is 0.254. The Hall–Kier alpha value is -4.28. The van der Waals surface area contributed by atoms with Crippen LogP contribution in [0.1, 0.15) is 20.7 Å². The van der Waals surface area contributed by atoms with Gasteiger partial charge in [-0.15, -0.1) is 5.10 Å². The smallest absolute Gasteiger partial charge is 0.306 e. The zero-order valence-corrected chi connectivity index (χ0v) is 15.9. The number of methoxy groups -OCH3 is 1. The Bertz CT molecular complexity index is 1130. The molecule has 3 rings (SSSR count). The molecule has 0 bridgehead atoms. The molecule has 30 heavy (non-hydrogen) atoms. The zero-order chi connectivity index (χ0) is 21.8. The van der Waals surface area contributed by atoms with Crippen LogP contribution in [0.15, 0.2) is 48.7 Å². The first kappa shape index (κ1) is 20.5. The minimum atomic E-state index is -0.997.